The van der Waals surface area contributed by atoms with Crippen molar-refractivity contribution < 1.29 is 14.3 Å². The van der Waals surface area contributed by atoms with Crippen molar-refractivity contribution in [1.82, 2.24) is 5.32 Å². The van der Waals surface area contributed by atoms with E-state index in [1.54, 1.807) is 7.11 Å². The van der Waals surface area contributed by atoms with E-state index in [1.165, 1.54) is 5.56 Å². The van der Waals surface area contributed by atoms with Crippen molar-refractivity contribution >= 4 is 5.91 Å². The highest BCUT2D eigenvalue weighted by Crippen LogP contribution is 2.27. The fraction of sp³-hybridized carbons (Fsp3) is 0.381. The molecule has 0 aliphatic rings. The molecule has 0 saturated heterocycles. The van der Waals surface area contributed by atoms with Crippen LogP contribution in [0.15, 0.2) is 48.5 Å². The van der Waals surface area contributed by atoms with Crippen LogP contribution in [0, 0.1) is 0 Å². The van der Waals surface area contributed by atoms with Gasteiger partial charge in [-0.05, 0) is 43.0 Å². The van der Waals surface area contributed by atoms with Crippen LogP contribution < -0.4 is 14.8 Å². The lowest BCUT2D eigenvalue weighted by molar-refractivity contribution is -0.128. The van der Waals surface area contributed by atoms with E-state index < -0.39 is 6.10 Å². The summed E-state index contributed by atoms with van der Waals surface area (Å²) in [6.07, 6.45) is 1.02. The molecule has 25 heavy (non-hydrogen) atoms. The average molecular weight is 341 g/mol. The van der Waals surface area contributed by atoms with Gasteiger partial charge < -0.3 is 14.8 Å². The van der Waals surface area contributed by atoms with Crippen LogP contribution in [0.5, 0.6) is 11.5 Å². The Bertz CT molecular complexity index is 682. The Morgan fingerprint density at radius 2 is 1.68 bits per heavy atom. The fourth-order valence-electron chi connectivity index (χ4n) is 2.62. The number of carbonyl (C=O) groups excluding carboxylic acids is 1. The van der Waals surface area contributed by atoms with Crippen LogP contribution in [0.1, 0.15) is 44.4 Å². The number of carbonyl (C=O) groups is 1. The summed E-state index contributed by atoms with van der Waals surface area (Å²) in [6.45, 7) is 6.04. The zero-order valence-electron chi connectivity index (χ0n) is 15.4. The molecule has 0 fully saturated rings. The second-order valence-corrected chi connectivity index (χ2v) is 5.99. The summed E-state index contributed by atoms with van der Waals surface area (Å²) in [6, 6.07) is 15.6. The van der Waals surface area contributed by atoms with E-state index >= 15 is 0 Å². The van der Waals surface area contributed by atoms with Crippen LogP contribution in [0.25, 0.3) is 0 Å². The number of rotatable bonds is 8. The topological polar surface area (TPSA) is 47.6 Å². The maximum absolute atomic E-state index is 12.6. The zero-order valence-corrected chi connectivity index (χ0v) is 15.4. The highest BCUT2D eigenvalue weighted by Gasteiger charge is 2.21. The van der Waals surface area contributed by atoms with E-state index in [0.717, 1.165) is 12.0 Å². The van der Waals surface area contributed by atoms with Gasteiger partial charge in [-0.3, -0.25) is 4.79 Å². The van der Waals surface area contributed by atoms with Gasteiger partial charge in [0.25, 0.3) is 5.91 Å². The van der Waals surface area contributed by atoms with Crippen molar-refractivity contribution in [3.05, 3.63) is 59.7 Å². The van der Waals surface area contributed by atoms with Crippen LogP contribution in [0.2, 0.25) is 0 Å². The van der Waals surface area contributed by atoms with E-state index in [4.69, 9.17) is 9.47 Å². The standard InChI is InChI=1S/C21H27NO3/c1-5-16-11-13-17(14-12-16)15(3)22-21(23)18(6-2)25-20-10-8-7-9-19(20)24-4/h7-15,18H,5-6H2,1-4H3,(H,22,23)/t15-,18+/m0/s1. The largest absolute Gasteiger partial charge is 0.493 e. The molecular formula is C21H27NO3. The minimum absolute atomic E-state index is 0.0753. The molecule has 1 amide bonds. The van der Waals surface area contributed by atoms with Gasteiger partial charge in [-0.1, -0.05) is 50.2 Å². The molecule has 1 N–H and O–H groups in total. The quantitative estimate of drug-likeness (QED) is 0.779. The van der Waals surface area contributed by atoms with Crippen LogP contribution in [-0.4, -0.2) is 19.1 Å². The van der Waals surface area contributed by atoms with Gasteiger partial charge in [-0.25, -0.2) is 0 Å². The van der Waals surface area contributed by atoms with E-state index in [-0.39, 0.29) is 11.9 Å². The molecule has 0 heterocycles. The molecule has 0 aliphatic heterocycles. The van der Waals surface area contributed by atoms with Gasteiger partial charge in [0.15, 0.2) is 17.6 Å². The van der Waals surface area contributed by atoms with Crippen LogP contribution in [-0.2, 0) is 11.2 Å². The molecule has 0 saturated carbocycles. The number of amides is 1. The number of hydrogen-bond donors (Lipinski definition) is 1. The Morgan fingerprint density at radius 3 is 2.24 bits per heavy atom. The number of hydrogen-bond acceptors (Lipinski definition) is 3. The highest BCUT2D eigenvalue weighted by molar-refractivity contribution is 5.81. The number of benzene rings is 2. The smallest absolute Gasteiger partial charge is 0.261 e. The summed E-state index contributed by atoms with van der Waals surface area (Å²) in [7, 11) is 1.59. The first kappa shape index (κ1) is 18.8. The van der Waals surface area contributed by atoms with Gasteiger partial charge in [0.2, 0.25) is 0 Å². The summed E-state index contributed by atoms with van der Waals surface area (Å²) in [5.41, 5.74) is 2.37. The van der Waals surface area contributed by atoms with E-state index in [0.29, 0.717) is 17.9 Å². The lowest BCUT2D eigenvalue weighted by Crippen LogP contribution is -2.39. The molecular weight excluding hydrogens is 314 g/mol. The predicted octanol–water partition coefficient (Wildman–Crippen LogP) is 4.29. The van der Waals surface area contributed by atoms with Crippen molar-refractivity contribution in [2.24, 2.45) is 0 Å². The minimum Gasteiger partial charge on any atom is -0.493 e. The van der Waals surface area contributed by atoms with E-state index in [2.05, 4.69) is 36.5 Å². The van der Waals surface area contributed by atoms with Crippen molar-refractivity contribution in [3.8, 4) is 11.5 Å². The van der Waals surface area contributed by atoms with Gasteiger partial charge in [-0.2, -0.15) is 0 Å². The molecule has 0 spiro atoms. The van der Waals surface area contributed by atoms with Crippen molar-refractivity contribution in [3.63, 3.8) is 0 Å². The third kappa shape index (κ3) is 4.99. The van der Waals surface area contributed by atoms with Gasteiger partial charge in [-0.15, -0.1) is 0 Å². The second kappa shape index (κ2) is 9.11. The lowest BCUT2D eigenvalue weighted by atomic mass is 10.0. The minimum atomic E-state index is -0.561. The molecule has 0 aliphatic carbocycles. The Kier molecular flexibility index (Phi) is 6.87. The maximum Gasteiger partial charge on any atom is 0.261 e. The first-order valence-corrected chi connectivity index (χ1v) is 8.77. The summed E-state index contributed by atoms with van der Waals surface area (Å²) in [5.74, 6) is 1.07. The van der Waals surface area contributed by atoms with E-state index in [9.17, 15) is 4.79 Å². The first-order chi connectivity index (χ1) is 12.1. The molecule has 0 aromatic heterocycles. The number of methoxy groups -OCH3 is 1. The van der Waals surface area contributed by atoms with Gasteiger partial charge in [0, 0.05) is 0 Å². The van der Waals surface area contributed by atoms with Crippen molar-refractivity contribution in [1.29, 1.82) is 0 Å². The Morgan fingerprint density at radius 1 is 1.04 bits per heavy atom. The maximum atomic E-state index is 12.6. The molecule has 2 aromatic rings. The molecule has 2 rings (SSSR count). The van der Waals surface area contributed by atoms with Crippen molar-refractivity contribution in [2.75, 3.05) is 7.11 Å². The summed E-state index contributed by atoms with van der Waals surface area (Å²) >= 11 is 0. The highest BCUT2D eigenvalue weighted by atomic mass is 16.5. The van der Waals surface area contributed by atoms with Crippen LogP contribution >= 0.6 is 0 Å². The van der Waals surface area contributed by atoms with Gasteiger partial charge in [0.05, 0.1) is 13.2 Å². The normalized spacial score (nSPS) is 13.0. The van der Waals surface area contributed by atoms with E-state index in [1.807, 2.05) is 38.1 Å². The van der Waals surface area contributed by atoms with Gasteiger partial charge in [0.1, 0.15) is 0 Å². The Labute approximate surface area is 150 Å². The second-order valence-electron chi connectivity index (χ2n) is 5.99. The number of aryl methyl sites for hydroxylation is 1. The molecule has 2 atom stereocenters. The molecule has 134 valence electrons. The molecule has 4 nitrogen and oxygen atoms in total. The Hall–Kier alpha value is -2.49. The van der Waals surface area contributed by atoms with Gasteiger partial charge >= 0.3 is 0 Å². The molecule has 0 unspecified atom stereocenters. The first-order valence-electron chi connectivity index (χ1n) is 8.77. The lowest BCUT2D eigenvalue weighted by Gasteiger charge is -2.21. The molecule has 4 heteroatoms. The fourth-order valence-corrected chi connectivity index (χ4v) is 2.62. The number of para-hydroxylation sites is 2. The average Bonchev–Trinajstić information content (AvgIpc) is 2.66. The number of nitrogens with one attached hydrogen (secondary N) is 1. The molecule has 0 radical (unpaired) electrons. The SMILES string of the molecule is CCc1ccc([C@H](C)NC(=O)[C@@H](CC)Oc2ccccc2OC)cc1. The Balaban J connectivity index is 2.03. The predicted molar refractivity (Wildman–Crippen MR) is 100 cm³/mol. The third-order valence-electron chi connectivity index (χ3n) is 4.25. The molecule has 2 aromatic carbocycles. The monoisotopic (exact) mass is 341 g/mol. The summed E-state index contributed by atoms with van der Waals surface area (Å²) < 4.78 is 11.2. The number of ether oxygens (including phenoxy) is 2. The third-order valence-corrected chi connectivity index (χ3v) is 4.25. The molecule has 0 bridgehead atoms. The zero-order chi connectivity index (χ0) is 18.2. The summed E-state index contributed by atoms with van der Waals surface area (Å²) in [5, 5.41) is 3.04. The summed E-state index contributed by atoms with van der Waals surface area (Å²) in [4.78, 5) is 12.6. The van der Waals surface area contributed by atoms with Crippen LogP contribution in [0.4, 0.5) is 0 Å². The van der Waals surface area contributed by atoms with Crippen LogP contribution in [0.3, 0.4) is 0 Å². The van der Waals surface area contributed by atoms with Crippen molar-refractivity contribution in [2.45, 2.75) is 45.8 Å².